The van der Waals surface area contributed by atoms with Gasteiger partial charge in [0, 0.05) is 29.2 Å². The van der Waals surface area contributed by atoms with Crippen LogP contribution in [-0.4, -0.2) is 36.5 Å². The number of carbonyl (C=O) groups is 1. The lowest BCUT2D eigenvalue weighted by Crippen LogP contribution is -2.36. The summed E-state index contributed by atoms with van der Waals surface area (Å²) in [5.41, 5.74) is 6.08. The topological polar surface area (TPSA) is 55.6 Å². The molecule has 0 radical (unpaired) electrons. The number of nitrogens with zero attached hydrogens (tertiary/aromatic N) is 1. The van der Waals surface area contributed by atoms with E-state index < -0.39 is 0 Å². The number of fused-ring (bicyclic) bond motifs is 1. The monoisotopic (exact) mass is 364 g/mol. The number of carbonyl (C=O) groups excluding carboxylic acids is 1. The van der Waals surface area contributed by atoms with Gasteiger partial charge in [-0.25, -0.2) is 0 Å². The molecule has 1 aromatic rings. The molecule has 0 aromatic heterocycles. The zero-order valence-corrected chi connectivity index (χ0v) is 14.3. The van der Waals surface area contributed by atoms with Gasteiger partial charge >= 0.3 is 0 Å². The SMILES string of the molecule is Cl.NC1CCC2CN(C(=O)COc3cc(Cl)cc(Cl)c3)CC12. The molecule has 1 saturated heterocycles. The van der Waals surface area contributed by atoms with E-state index in [1.54, 1.807) is 18.2 Å². The first-order valence-electron chi connectivity index (χ1n) is 7.15. The van der Waals surface area contributed by atoms with Crippen molar-refractivity contribution in [1.82, 2.24) is 4.90 Å². The molecule has 0 spiro atoms. The first-order valence-corrected chi connectivity index (χ1v) is 7.91. The molecule has 22 heavy (non-hydrogen) atoms. The number of halogens is 3. The summed E-state index contributed by atoms with van der Waals surface area (Å²) in [6.45, 7) is 1.56. The standard InChI is InChI=1S/C15H18Cl2N2O2.ClH/c16-10-3-11(17)5-12(4-10)21-8-15(20)19-6-9-1-2-14(18)13(9)7-19;/h3-5,9,13-14H,1-2,6-8,18H2;1H. The molecule has 1 aliphatic carbocycles. The maximum atomic E-state index is 12.2. The van der Waals surface area contributed by atoms with E-state index in [9.17, 15) is 4.79 Å². The number of ether oxygens (including phenoxy) is 1. The number of hydrogen-bond donors (Lipinski definition) is 1. The molecule has 4 nitrogen and oxygen atoms in total. The summed E-state index contributed by atoms with van der Waals surface area (Å²) in [6, 6.07) is 5.16. The van der Waals surface area contributed by atoms with Crippen molar-refractivity contribution in [1.29, 1.82) is 0 Å². The summed E-state index contributed by atoms with van der Waals surface area (Å²) in [4.78, 5) is 14.1. The summed E-state index contributed by atoms with van der Waals surface area (Å²) in [5.74, 6) is 1.52. The molecule has 1 aliphatic heterocycles. The highest BCUT2D eigenvalue weighted by atomic mass is 35.5. The molecule has 7 heteroatoms. The molecule has 3 atom stereocenters. The molecule has 2 aliphatic rings. The fourth-order valence-corrected chi connectivity index (χ4v) is 3.87. The molecule has 1 aromatic carbocycles. The predicted molar refractivity (Wildman–Crippen MR) is 90.0 cm³/mol. The summed E-state index contributed by atoms with van der Waals surface area (Å²) in [7, 11) is 0. The second kappa shape index (κ2) is 7.26. The Morgan fingerprint density at radius 3 is 2.55 bits per heavy atom. The molecule has 1 amide bonds. The van der Waals surface area contributed by atoms with Crippen LogP contribution in [-0.2, 0) is 4.79 Å². The molecular formula is C15H19Cl3N2O2. The number of rotatable bonds is 3. The Kier molecular flexibility index (Phi) is 5.83. The minimum atomic E-state index is -0.00676. The maximum Gasteiger partial charge on any atom is 0.260 e. The van der Waals surface area contributed by atoms with Crippen LogP contribution in [0, 0.1) is 11.8 Å². The highest BCUT2D eigenvalue weighted by Gasteiger charge is 2.42. The van der Waals surface area contributed by atoms with Gasteiger partial charge in [0.25, 0.3) is 5.91 Å². The fraction of sp³-hybridized carbons (Fsp3) is 0.533. The van der Waals surface area contributed by atoms with E-state index >= 15 is 0 Å². The van der Waals surface area contributed by atoms with Gasteiger partial charge < -0.3 is 15.4 Å². The van der Waals surface area contributed by atoms with Crippen LogP contribution in [0.4, 0.5) is 0 Å². The first-order chi connectivity index (χ1) is 10.0. The summed E-state index contributed by atoms with van der Waals surface area (Å²) in [5, 5.41) is 0.984. The van der Waals surface area contributed by atoms with E-state index in [-0.39, 0.29) is 31.0 Å². The summed E-state index contributed by atoms with van der Waals surface area (Å²) >= 11 is 11.8. The van der Waals surface area contributed by atoms with E-state index in [1.165, 1.54) is 0 Å². The van der Waals surface area contributed by atoms with Gasteiger partial charge in [0.05, 0.1) is 0 Å². The van der Waals surface area contributed by atoms with Crippen molar-refractivity contribution < 1.29 is 9.53 Å². The van der Waals surface area contributed by atoms with Gasteiger partial charge in [-0.05, 0) is 42.9 Å². The number of benzene rings is 1. The van der Waals surface area contributed by atoms with Gasteiger partial charge in [0.1, 0.15) is 5.75 Å². The zero-order chi connectivity index (χ0) is 15.0. The smallest absolute Gasteiger partial charge is 0.260 e. The van der Waals surface area contributed by atoms with Crippen molar-refractivity contribution >= 4 is 41.5 Å². The Morgan fingerprint density at radius 2 is 1.91 bits per heavy atom. The van der Waals surface area contributed by atoms with Crippen molar-refractivity contribution in [2.45, 2.75) is 18.9 Å². The van der Waals surface area contributed by atoms with Crippen LogP contribution in [0.25, 0.3) is 0 Å². The van der Waals surface area contributed by atoms with Crippen LogP contribution in [0.2, 0.25) is 10.0 Å². The van der Waals surface area contributed by atoms with Crippen molar-refractivity contribution in [3.63, 3.8) is 0 Å². The molecule has 2 fully saturated rings. The number of likely N-dealkylation sites (tertiary alicyclic amines) is 1. The molecule has 3 unspecified atom stereocenters. The first kappa shape index (κ1) is 17.7. The van der Waals surface area contributed by atoms with Crippen LogP contribution in [0.5, 0.6) is 5.75 Å². The molecular weight excluding hydrogens is 347 g/mol. The van der Waals surface area contributed by atoms with Gasteiger partial charge in [-0.1, -0.05) is 23.2 Å². The molecule has 1 saturated carbocycles. The highest BCUT2D eigenvalue weighted by molar-refractivity contribution is 6.34. The van der Waals surface area contributed by atoms with E-state index in [1.807, 2.05) is 4.90 Å². The van der Waals surface area contributed by atoms with Gasteiger partial charge in [0.15, 0.2) is 6.61 Å². The van der Waals surface area contributed by atoms with Crippen molar-refractivity contribution in [2.24, 2.45) is 17.6 Å². The quantitative estimate of drug-likeness (QED) is 0.896. The van der Waals surface area contributed by atoms with Crippen LogP contribution < -0.4 is 10.5 Å². The van der Waals surface area contributed by atoms with Crippen LogP contribution in [0.1, 0.15) is 12.8 Å². The van der Waals surface area contributed by atoms with Gasteiger partial charge in [-0.15, -0.1) is 12.4 Å². The third-order valence-electron chi connectivity index (χ3n) is 4.46. The average Bonchev–Trinajstić information content (AvgIpc) is 2.98. The Balaban J connectivity index is 0.00000176. The lowest BCUT2D eigenvalue weighted by molar-refractivity contribution is -0.132. The van der Waals surface area contributed by atoms with Crippen molar-refractivity contribution in [3.05, 3.63) is 28.2 Å². The van der Waals surface area contributed by atoms with Gasteiger partial charge in [-0.3, -0.25) is 4.79 Å². The van der Waals surface area contributed by atoms with Crippen LogP contribution in [0.3, 0.4) is 0 Å². The summed E-state index contributed by atoms with van der Waals surface area (Å²) < 4.78 is 5.50. The average molecular weight is 366 g/mol. The highest BCUT2D eigenvalue weighted by Crippen LogP contribution is 2.37. The molecule has 3 rings (SSSR count). The summed E-state index contributed by atoms with van der Waals surface area (Å²) in [6.07, 6.45) is 2.20. The zero-order valence-electron chi connectivity index (χ0n) is 12.0. The van der Waals surface area contributed by atoms with E-state index in [2.05, 4.69) is 0 Å². The van der Waals surface area contributed by atoms with E-state index in [4.69, 9.17) is 33.7 Å². The number of hydrogen-bond acceptors (Lipinski definition) is 3. The third kappa shape index (κ3) is 3.80. The van der Waals surface area contributed by atoms with Gasteiger partial charge in [-0.2, -0.15) is 0 Å². The Labute approximate surface area is 146 Å². The largest absolute Gasteiger partial charge is 0.484 e. The van der Waals surface area contributed by atoms with E-state index in [0.717, 1.165) is 25.9 Å². The second-order valence-electron chi connectivity index (χ2n) is 5.86. The lowest BCUT2D eigenvalue weighted by Gasteiger charge is -2.19. The third-order valence-corrected chi connectivity index (χ3v) is 4.90. The minimum absolute atomic E-state index is 0. The maximum absolute atomic E-state index is 12.2. The number of amides is 1. The van der Waals surface area contributed by atoms with Crippen molar-refractivity contribution in [3.8, 4) is 5.75 Å². The Hall–Kier alpha value is -0.680. The molecule has 122 valence electrons. The number of nitrogens with two attached hydrogens (primary N) is 1. The normalized spacial score (nSPS) is 26.5. The van der Waals surface area contributed by atoms with Gasteiger partial charge in [0.2, 0.25) is 0 Å². The molecule has 2 N–H and O–H groups in total. The van der Waals surface area contributed by atoms with Crippen LogP contribution >= 0.6 is 35.6 Å². The lowest BCUT2D eigenvalue weighted by atomic mass is 9.98. The van der Waals surface area contributed by atoms with Crippen molar-refractivity contribution in [2.75, 3.05) is 19.7 Å². The second-order valence-corrected chi connectivity index (χ2v) is 6.73. The molecule has 1 heterocycles. The molecule has 0 bridgehead atoms. The van der Waals surface area contributed by atoms with Crippen LogP contribution in [0.15, 0.2) is 18.2 Å². The minimum Gasteiger partial charge on any atom is -0.484 e. The van der Waals surface area contributed by atoms with E-state index in [0.29, 0.717) is 27.6 Å². The Morgan fingerprint density at radius 1 is 1.23 bits per heavy atom. The fourth-order valence-electron chi connectivity index (χ4n) is 3.36. The predicted octanol–water partition coefficient (Wildman–Crippen LogP) is 2.99. The Bertz CT molecular complexity index is 535.